The zero-order valence-electron chi connectivity index (χ0n) is 15.5. The van der Waals surface area contributed by atoms with Gasteiger partial charge in [-0.15, -0.1) is 0 Å². The predicted octanol–water partition coefficient (Wildman–Crippen LogP) is 3.91. The summed E-state index contributed by atoms with van der Waals surface area (Å²) < 4.78 is 5.64. The summed E-state index contributed by atoms with van der Waals surface area (Å²) in [6.07, 6.45) is 3.90. The number of pyridine rings is 1. The van der Waals surface area contributed by atoms with Gasteiger partial charge < -0.3 is 15.4 Å². The molecule has 0 aliphatic carbocycles. The van der Waals surface area contributed by atoms with Gasteiger partial charge in [0.25, 0.3) is 11.8 Å². The van der Waals surface area contributed by atoms with E-state index in [9.17, 15) is 9.59 Å². The van der Waals surface area contributed by atoms with Gasteiger partial charge in [0.15, 0.2) is 6.61 Å². The molecular weight excluding hydrogens is 354 g/mol. The lowest BCUT2D eigenvalue weighted by Gasteiger charge is -2.13. The number of carbonyl (C=O) groups excluding carboxylic acids is 2. The van der Waals surface area contributed by atoms with Gasteiger partial charge in [0, 0.05) is 12.4 Å². The van der Waals surface area contributed by atoms with E-state index in [4.69, 9.17) is 4.74 Å². The second-order valence-corrected chi connectivity index (χ2v) is 6.04. The molecule has 0 aliphatic heterocycles. The molecule has 0 aliphatic rings. The Morgan fingerprint density at radius 3 is 2.36 bits per heavy atom. The molecule has 3 rings (SSSR count). The predicted molar refractivity (Wildman–Crippen MR) is 109 cm³/mol. The van der Waals surface area contributed by atoms with Crippen molar-refractivity contribution in [3.8, 4) is 5.75 Å². The number of carbonyl (C=O) groups is 2. The van der Waals surface area contributed by atoms with E-state index in [-0.39, 0.29) is 18.4 Å². The normalized spacial score (nSPS) is 10.2. The summed E-state index contributed by atoms with van der Waals surface area (Å²) in [5.74, 6) is 0.0789. The fourth-order valence-electron chi connectivity index (χ4n) is 2.66. The number of hydrogen-bond acceptors (Lipinski definition) is 4. The first-order valence-electron chi connectivity index (χ1n) is 8.98. The quantitative estimate of drug-likeness (QED) is 0.656. The van der Waals surface area contributed by atoms with Crippen LogP contribution in [-0.2, 0) is 11.2 Å². The van der Waals surface area contributed by atoms with Crippen LogP contribution in [-0.4, -0.2) is 23.4 Å². The van der Waals surface area contributed by atoms with Crippen LogP contribution in [0.3, 0.4) is 0 Å². The van der Waals surface area contributed by atoms with Gasteiger partial charge in [0.2, 0.25) is 0 Å². The Bertz CT molecular complexity index is 958. The fourth-order valence-corrected chi connectivity index (χ4v) is 2.66. The number of hydrogen-bond donors (Lipinski definition) is 2. The highest BCUT2D eigenvalue weighted by molar-refractivity contribution is 6.07. The fraction of sp³-hybridized carbons (Fsp3) is 0.136. The van der Waals surface area contributed by atoms with Crippen LogP contribution in [0.2, 0.25) is 0 Å². The first-order chi connectivity index (χ1) is 13.7. The number of nitrogens with zero attached hydrogens (tertiary/aromatic N) is 1. The van der Waals surface area contributed by atoms with Crippen LogP contribution in [0, 0.1) is 0 Å². The molecule has 2 aromatic carbocycles. The van der Waals surface area contributed by atoms with E-state index in [1.54, 1.807) is 42.6 Å². The van der Waals surface area contributed by atoms with Crippen molar-refractivity contribution in [2.75, 3.05) is 17.2 Å². The van der Waals surface area contributed by atoms with Crippen molar-refractivity contribution in [1.82, 2.24) is 4.98 Å². The van der Waals surface area contributed by atoms with E-state index in [0.717, 1.165) is 12.0 Å². The Labute approximate surface area is 163 Å². The molecule has 0 unspecified atom stereocenters. The topological polar surface area (TPSA) is 80.3 Å². The Balaban J connectivity index is 1.64. The average molecular weight is 375 g/mol. The van der Waals surface area contributed by atoms with E-state index in [1.807, 2.05) is 31.2 Å². The first kappa shape index (κ1) is 19.1. The molecule has 6 nitrogen and oxygen atoms in total. The third kappa shape index (κ3) is 4.94. The molecule has 28 heavy (non-hydrogen) atoms. The number of aryl methyl sites for hydroxylation is 1. The van der Waals surface area contributed by atoms with E-state index in [0.29, 0.717) is 22.7 Å². The molecular formula is C22H21N3O3. The number of nitrogens with one attached hydrogen (secondary N) is 2. The second-order valence-electron chi connectivity index (χ2n) is 6.04. The second kappa shape index (κ2) is 9.32. The highest BCUT2D eigenvalue weighted by Crippen LogP contribution is 2.22. The summed E-state index contributed by atoms with van der Waals surface area (Å²) in [5, 5.41) is 5.57. The minimum atomic E-state index is -0.311. The molecule has 0 fully saturated rings. The molecule has 0 spiro atoms. The monoisotopic (exact) mass is 375 g/mol. The smallest absolute Gasteiger partial charge is 0.262 e. The molecule has 0 saturated carbocycles. The number of amides is 2. The lowest BCUT2D eigenvalue weighted by atomic mass is 10.1. The number of aromatic nitrogens is 1. The highest BCUT2D eigenvalue weighted by Gasteiger charge is 2.12. The van der Waals surface area contributed by atoms with E-state index in [2.05, 4.69) is 15.6 Å². The Hall–Kier alpha value is -3.67. The zero-order chi connectivity index (χ0) is 19.8. The van der Waals surface area contributed by atoms with Crippen molar-refractivity contribution in [2.24, 2.45) is 0 Å². The van der Waals surface area contributed by atoms with Crippen molar-refractivity contribution in [1.29, 1.82) is 0 Å². The maximum absolute atomic E-state index is 12.3. The number of rotatable bonds is 7. The molecule has 0 saturated heterocycles. The van der Waals surface area contributed by atoms with Crippen molar-refractivity contribution >= 4 is 23.2 Å². The molecule has 0 bridgehead atoms. The van der Waals surface area contributed by atoms with Crippen molar-refractivity contribution in [3.63, 3.8) is 0 Å². The van der Waals surface area contributed by atoms with Crippen LogP contribution in [0.4, 0.5) is 11.4 Å². The molecule has 142 valence electrons. The van der Waals surface area contributed by atoms with Crippen LogP contribution in [0.5, 0.6) is 5.75 Å². The van der Waals surface area contributed by atoms with E-state index in [1.165, 1.54) is 6.20 Å². The van der Waals surface area contributed by atoms with Gasteiger partial charge in [-0.25, -0.2) is 0 Å². The summed E-state index contributed by atoms with van der Waals surface area (Å²) >= 11 is 0. The van der Waals surface area contributed by atoms with Gasteiger partial charge in [0.05, 0.1) is 16.9 Å². The van der Waals surface area contributed by atoms with Crippen LogP contribution in [0.1, 0.15) is 22.8 Å². The summed E-state index contributed by atoms with van der Waals surface area (Å²) in [5.41, 5.74) is 2.47. The number of para-hydroxylation sites is 3. The SMILES string of the molecule is CCc1ccccc1OCC(=O)Nc1ccccc1NC(=O)c1cccnc1. The molecule has 1 heterocycles. The number of anilines is 2. The maximum Gasteiger partial charge on any atom is 0.262 e. The highest BCUT2D eigenvalue weighted by atomic mass is 16.5. The Morgan fingerprint density at radius 1 is 0.929 bits per heavy atom. The van der Waals surface area contributed by atoms with Crippen LogP contribution in [0.25, 0.3) is 0 Å². The molecule has 6 heteroatoms. The van der Waals surface area contributed by atoms with Gasteiger partial charge in [0.1, 0.15) is 5.75 Å². The summed E-state index contributed by atoms with van der Waals surface area (Å²) in [6, 6.07) is 18.0. The molecule has 0 radical (unpaired) electrons. The van der Waals surface area contributed by atoms with Crippen molar-refractivity contribution in [3.05, 3.63) is 84.2 Å². The Kier molecular flexibility index (Phi) is 6.36. The first-order valence-corrected chi connectivity index (χ1v) is 8.98. The molecule has 1 aromatic heterocycles. The summed E-state index contributed by atoms with van der Waals surface area (Å²) in [7, 11) is 0. The number of benzene rings is 2. The largest absolute Gasteiger partial charge is 0.483 e. The third-order valence-corrected chi connectivity index (χ3v) is 4.09. The van der Waals surface area contributed by atoms with E-state index >= 15 is 0 Å². The van der Waals surface area contributed by atoms with Crippen molar-refractivity contribution in [2.45, 2.75) is 13.3 Å². The third-order valence-electron chi connectivity index (χ3n) is 4.09. The zero-order valence-corrected chi connectivity index (χ0v) is 15.5. The standard InChI is InChI=1S/C22H21N3O3/c1-2-16-8-3-6-12-20(16)28-15-21(26)24-18-10-4-5-11-19(18)25-22(27)17-9-7-13-23-14-17/h3-14H,2,15H2,1H3,(H,24,26)(H,25,27). The van der Waals surface area contributed by atoms with Gasteiger partial charge >= 0.3 is 0 Å². The lowest BCUT2D eigenvalue weighted by molar-refractivity contribution is -0.118. The van der Waals surface area contributed by atoms with Gasteiger partial charge in [-0.2, -0.15) is 0 Å². The minimum Gasteiger partial charge on any atom is -0.483 e. The van der Waals surface area contributed by atoms with Crippen molar-refractivity contribution < 1.29 is 14.3 Å². The summed E-state index contributed by atoms with van der Waals surface area (Å²) in [4.78, 5) is 28.6. The van der Waals surface area contributed by atoms with E-state index < -0.39 is 0 Å². The number of ether oxygens (including phenoxy) is 1. The van der Waals surface area contributed by atoms with Crippen LogP contribution in [0.15, 0.2) is 73.1 Å². The van der Waals surface area contributed by atoms with Gasteiger partial charge in [-0.1, -0.05) is 37.3 Å². The lowest BCUT2D eigenvalue weighted by Crippen LogP contribution is -2.22. The van der Waals surface area contributed by atoms with Crippen LogP contribution < -0.4 is 15.4 Å². The maximum atomic E-state index is 12.3. The summed E-state index contributed by atoms with van der Waals surface area (Å²) in [6.45, 7) is 1.91. The molecule has 0 atom stereocenters. The molecule has 2 N–H and O–H groups in total. The molecule has 3 aromatic rings. The molecule has 2 amide bonds. The van der Waals surface area contributed by atoms with Crippen LogP contribution >= 0.6 is 0 Å². The Morgan fingerprint density at radius 2 is 1.64 bits per heavy atom. The van der Waals surface area contributed by atoms with Gasteiger partial charge in [-0.3, -0.25) is 14.6 Å². The average Bonchev–Trinajstić information content (AvgIpc) is 2.74. The van der Waals surface area contributed by atoms with Gasteiger partial charge in [-0.05, 0) is 42.3 Å². The minimum absolute atomic E-state index is 0.123.